The van der Waals surface area contributed by atoms with Gasteiger partial charge < -0.3 is 15.8 Å². The maximum absolute atomic E-state index is 13.6. The summed E-state index contributed by atoms with van der Waals surface area (Å²) in [4.78, 5) is 11.7. The number of hydrogen-bond acceptors (Lipinski definition) is 3. The second kappa shape index (κ2) is 6.52. The van der Waals surface area contributed by atoms with Gasteiger partial charge in [0.25, 0.3) is 0 Å². The number of amides is 1. The highest BCUT2D eigenvalue weighted by atomic mass is 19.1. The Bertz CT molecular complexity index is 442. The van der Waals surface area contributed by atoms with E-state index in [1.165, 1.54) is 12.1 Å². The van der Waals surface area contributed by atoms with Crippen molar-refractivity contribution in [1.82, 2.24) is 0 Å². The molecular formula is C14H21FN2O2. The van der Waals surface area contributed by atoms with Gasteiger partial charge in [0, 0.05) is 23.7 Å². The van der Waals surface area contributed by atoms with E-state index in [4.69, 9.17) is 10.5 Å². The third-order valence-corrected chi connectivity index (χ3v) is 2.51. The highest BCUT2D eigenvalue weighted by Crippen LogP contribution is 2.21. The van der Waals surface area contributed by atoms with Gasteiger partial charge in [-0.05, 0) is 39.3 Å². The number of hydrogen-bond donors (Lipinski definition) is 2. The molecule has 1 rings (SSSR count). The van der Waals surface area contributed by atoms with E-state index in [1.807, 2.05) is 13.8 Å². The first-order valence-electron chi connectivity index (χ1n) is 6.33. The quantitative estimate of drug-likeness (QED) is 0.833. The fraction of sp³-hybridized carbons (Fsp3) is 0.500. The molecule has 0 aromatic heterocycles. The minimum absolute atomic E-state index is 0.179. The van der Waals surface area contributed by atoms with Crippen molar-refractivity contribution in [2.45, 2.75) is 39.2 Å². The third kappa shape index (κ3) is 5.70. The molecule has 5 heteroatoms. The Kier molecular flexibility index (Phi) is 5.30. The smallest absolute Gasteiger partial charge is 0.224 e. The number of rotatable bonds is 6. The first kappa shape index (κ1) is 15.4. The van der Waals surface area contributed by atoms with E-state index >= 15 is 0 Å². The summed E-state index contributed by atoms with van der Waals surface area (Å²) in [5, 5.41) is 2.63. The average Bonchev–Trinajstić information content (AvgIpc) is 2.29. The summed E-state index contributed by atoms with van der Waals surface area (Å²) in [5.74, 6) is -0.482. The second-order valence-electron chi connectivity index (χ2n) is 5.11. The molecule has 0 saturated heterocycles. The summed E-state index contributed by atoms with van der Waals surface area (Å²) in [5.41, 5.74) is 5.83. The molecule has 0 unspecified atom stereocenters. The topological polar surface area (TPSA) is 64.3 Å². The lowest BCUT2D eigenvalue weighted by Crippen LogP contribution is -2.33. The average molecular weight is 268 g/mol. The molecule has 0 heterocycles. The standard InChI is InChI=1S/C14H21FN2O2/c1-4-19-12-6-5-10(9-11(12)15)17-13(18)7-8-14(2,3)16/h5-6,9H,4,7-8,16H2,1-3H3,(H,17,18). The van der Waals surface area contributed by atoms with Crippen LogP contribution in [-0.4, -0.2) is 18.1 Å². The van der Waals surface area contributed by atoms with Gasteiger partial charge in [0.15, 0.2) is 11.6 Å². The van der Waals surface area contributed by atoms with Crippen LogP contribution in [0.5, 0.6) is 5.75 Å². The van der Waals surface area contributed by atoms with E-state index in [0.717, 1.165) is 0 Å². The molecule has 4 nitrogen and oxygen atoms in total. The van der Waals surface area contributed by atoms with E-state index < -0.39 is 5.82 Å². The second-order valence-corrected chi connectivity index (χ2v) is 5.11. The zero-order chi connectivity index (χ0) is 14.5. The van der Waals surface area contributed by atoms with Crippen LogP contribution >= 0.6 is 0 Å². The first-order valence-corrected chi connectivity index (χ1v) is 6.33. The van der Waals surface area contributed by atoms with E-state index in [1.54, 1.807) is 13.0 Å². The molecule has 0 saturated carbocycles. The molecule has 1 aromatic rings. The molecule has 1 aromatic carbocycles. The van der Waals surface area contributed by atoms with Crippen LogP contribution < -0.4 is 15.8 Å². The summed E-state index contributed by atoms with van der Waals surface area (Å²) in [7, 11) is 0. The van der Waals surface area contributed by atoms with Crippen molar-refractivity contribution in [2.24, 2.45) is 5.73 Å². The molecule has 106 valence electrons. The molecule has 0 fully saturated rings. The zero-order valence-corrected chi connectivity index (χ0v) is 11.6. The minimum atomic E-state index is -0.487. The molecule has 0 atom stereocenters. The molecule has 19 heavy (non-hydrogen) atoms. The highest BCUT2D eigenvalue weighted by molar-refractivity contribution is 5.90. The number of carbonyl (C=O) groups excluding carboxylic acids is 1. The van der Waals surface area contributed by atoms with Gasteiger partial charge in [-0.1, -0.05) is 0 Å². The number of benzene rings is 1. The van der Waals surface area contributed by atoms with Crippen LogP contribution in [0.15, 0.2) is 18.2 Å². The van der Waals surface area contributed by atoms with Crippen LogP contribution in [0.3, 0.4) is 0 Å². The van der Waals surface area contributed by atoms with E-state index in [0.29, 0.717) is 25.1 Å². The normalized spacial score (nSPS) is 11.2. The van der Waals surface area contributed by atoms with E-state index in [9.17, 15) is 9.18 Å². The lowest BCUT2D eigenvalue weighted by atomic mass is 10.00. The predicted octanol–water partition coefficient (Wildman–Crippen LogP) is 2.68. The molecule has 0 radical (unpaired) electrons. The molecule has 0 aliphatic rings. The van der Waals surface area contributed by atoms with Crippen LogP contribution in [0, 0.1) is 5.82 Å². The summed E-state index contributed by atoms with van der Waals surface area (Å²) in [6, 6.07) is 4.36. The summed E-state index contributed by atoms with van der Waals surface area (Å²) < 4.78 is 18.7. The number of anilines is 1. The van der Waals surface area contributed by atoms with Crippen LogP contribution in [-0.2, 0) is 4.79 Å². The molecule has 0 spiro atoms. The van der Waals surface area contributed by atoms with Gasteiger partial charge in [0.05, 0.1) is 6.61 Å². The fourth-order valence-corrected chi connectivity index (χ4v) is 1.51. The van der Waals surface area contributed by atoms with Gasteiger partial charge in [0.1, 0.15) is 0 Å². The number of carbonyl (C=O) groups is 1. The van der Waals surface area contributed by atoms with E-state index in [2.05, 4.69) is 5.32 Å². The van der Waals surface area contributed by atoms with Crippen LogP contribution in [0.4, 0.5) is 10.1 Å². The lowest BCUT2D eigenvalue weighted by Gasteiger charge is -2.17. The van der Waals surface area contributed by atoms with E-state index in [-0.39, 0.29) is 17.2 Å². The molecule has 0 aliphatic carbocycles. The van der Waals surface area contributed by atoms with Crippen molar-refractivity contribution >= 4 is 11.6 Å². The van der Waals surface area contributed by atoms with Crippen molar-refractivity contribution in [3.63, 3.8) is 0 Å². The van der Waals surface area contributed by atoms with Crippen molar-refractivity contribution in [3.05, 3.63) is 24.0 Å². The highest BCUT2D eigenvalue weighted by Gasteiger charge is 2.13. The lowest BCUT2D eigenvalue weighted by molar-refractivity contribution is -0.116. The van der Waals surface area contributed by atoms with Gasteiger partial charge >= 0.3 is 0 Å². The Morgan fingerprint density at radius 2 is 2.16 bits per heavy atom. The summed E-state index contributed by atoms with van der Waals surface area (Å²) >= 11 is 0. The largest absolute Gasteiger partial charge is 0.491 e. The molecular weight excluding hydrogens is 247 g/mol. The predicted molar refractivity (Wildman–Crippen MR) is 73.7 cm³/mol. The van der Waals surface area contributed by atoms with Gasteiger partial charge in [0.2, 0.25) is 5.91 Å². The van der Waals surface area contributed by atoms with Gasteiger partial charge in [-0.15, -0.1) is 0 Å². The summed E-state index contributed by atoms with van der Waals surface area (Å²) in [6.07, 6.45) is 0.872. The van der Waals surface area contributed by atoms with Crippen molar-refractivity contribution < 1.29 is 13.9 Å². The number of ether oxygens (including phenoxy) is 1. The molecule has 0 aliphatic heterocycles. The molecule has 0 bridgehead atoms. The SMILES string of the molecule is CCOc1ccc(NC(=O)CCC(C)(C)N)cc1F. The monoisotopic (exact) mass is 268 g/mol. The Labute approximate surface area is 113 Å². The first-order chi connectivity index (χ1) is 8.81. The number of halogens is 1. The molecule has 1 amide bonds. The van der Waals surface area contributed by atoms with Gasteiger partial charge in [-0.25, -0.2) is 4.39 Å². The van der Waals surface area contributed by atoms with Gasteiger partial charge in [-0.3, -0.25) is 4.79 Å². The maximum atomic E-state index is 13.6. The van der Waals surface area contributed by atoms with Gasteiger partial charge in [-0.2, -0.15) is 0 Å². The Hall–Kier alpha value is -1.62. The third-order valence-electron chi connectivity index (χ3n) is 2.51. The maximum Gasteiger partial charge on any atom is 0.224 e. The minimum Gasteiger partial charge on any atom is -0.491 e. The van der Waals surface area contributed by atoms with Crippen molar-refractivity contribution in [3.8, 4) is 5.75 Å². The zero-order valence-electron chi connectivity index (χ0n) is 11.6. The Morgan fingerprint density at radius 3 is 2.68 bits per heavy atom. The Morgan fingerprint density at radius 1 is 1.47 bits per heavy atom. The summed E-state index contributed by atoms with van der Waals surface area (Å²) in [6.45, 7) is 5.89. The number of nitrogens with two attached hydrogens (primary N) is 1. The Balaban J connectivity index is 2.58. The van der Waals surface area contributed by atoms with Crippen LogP contribution in [0.1, 0.15) is 33.6 Å². The van der Waals surface area contributed by atoms with Crippen molar-refractivity contribution in [1.29, 1.82) is 0 Å². The van der Waals surface area contributed by atoms with Crippen molar-refractivity contribution in [2.75, 3.05) is 11.9 Å². The molecule has 3 N–H and O–H groups in total. The fourth-order valence-electron chi connectivity index (χ4n) is 1.51. The van der Waals surface area contributed by atoms with Crippen LogP contribution in [0.2, 0.25) is 0 Å². The van der Waals surface area contributed by atoms with Crippen LogP contribution in [0.25, 0.3) is 0 Å². The number of nitrogens with one attached hydrogen (secondary N) is 1.